The topological polar surface area (TPSA) is 28.7 Å². The second-order valence-electron chi connectivity index (χ2n) is 6.58. The van der Waals surface area contributed by atoms with Gasteiger partial charge in [-0.25, -0.2) is 0 Å². The smallest absolute Gasteiger partial charge is 0.0992 e. The molecular weight excluding hydrogens is 328 g/mol. The van der Waals surface area contributed by atoms with Crippen LogP contribution in [0.3, 0.4) is 0 Å². The lowest BCUT2D eigenvalue weighted by molar-refractivity contribution is 1.18. The standard InChI is InChI=1S/C25H16N2/c26-17-18-14-15-20(19-8-2-1-3-9-19)25(16-18)27-23-12-6-4-10-21(23)22-11-5-7-13-24(22)27/h1-16H. The molecule has 0 fully saturated rings. The van der Waals surface area contributed by atoms with E-state index in [9.17, 15) is 5.26 Å². The molecule has 5 aromatic rings. The van der Waals surface area contributed by atoms with Crippen LogP contribution in [0.1, 0.15) is 5.56 Å². The van der Waals surface area contributed by atoms with E-state index in [0.29, 0.717) is 5.56 Å². The van der Waals surface area contributed by atoms with Crippen LogP contribution in [0.5, 0.6) is 0 Å². The molecule has 2 heteroatoms. The molecule has 0 bridgehead atoms. The lowest BCUT2D eigenvalue weighted by Crippen LogP contribution is -1.98. The van der Waals surface area contributed by atoms with Crippen molar-refractivity contribution in [3.8, 4) is 22.9 Å². The number of nitrogens with zero attached hydrogens (tertiary/aromatic N) is 2. The Balaban J connectivity index is 1.94. The van der Waals surface area contributed by atoms with Crippen molar-refractivity contribution < 1.29 is 0 Å². The van der Waals surface area contributed by atoms with E-state index in [2.05, 4.69) is 71.3 Å². The maximum atomic E-state index is 9.49. The van der Waals surface area contributed by atoms with Crippen LogP contribution >= 0.6 is 0 Å². The molecule has 0 saturated heterocycles. The fourth-order valence-electron chi connectivity index (χ4n) is 3.83. The number of para-hydroxylation sites is 2. The van der Waals surface area contributed by atoms with Crippen LogP contribution in [0.2, 0.25) is 0 Å². The molecule has 1 aromatic heterocycles. The molecule has 0 aliphatic rings. The highest BCUT2D eigenvalue weighted by molar-refractivity contribution is 6.09. The summed E-state index contributed by atoms with van der Waals surface area (Å²) in [6.07, 6.45) is 0. The Kier molecular flexibility index (Phi) is 3.52. The van der Waals surface area contributed by atoms with Crippen molar-refractivity contribution in [1.29, 1.82) is 5.26 Å². The van der Waals surface area contributed by atoms with Gasteiger partial charge in [-0.3, -0.25) is 0 Å². The third-order valence-electron chi connectivity index (χ3n) is 5.03. The number of benzene rings is 4. The third kappa shape index (κ3) is 2.41. The van der Waals surface area contributed by atoms with E-state index >= 15 is 0 Å². The highest BCUT2D eigenvalue weighted by Gasteiger charge is 2.15. The van der Waals surface area contributed by atoms with Gasteiger partial charge in [0.2, 0.25) is 0 Å². The van der Waals surface area contributed by atoms with Crippen LogP contribution in [-0.2, 0) is 0 Å². The maximum Gasteiger partial charge on any atom is 0.0992 e. The van der Waals surface area contributed by atoms with Crippen molar-refractivity contribution in [2.45, 2.75) is 0 Å². The van der Waals surface area contributed by atoms with Crippen LogP contribution in [-0.4, -0.2) is 4.57 Å². The molecule has 0 unspecified atom stereocenters. The Morgan fingerprint density at radius 2 is 1.22 bits per heavy atom. The van der Waals surface area contributed by atoms with Gasteiger partial charge >= 0.3 is 0 Å². The summed E-state index contributed by atoms with van der Waals surface area (Å²) in [6, 6.07) is 35.4. The first-order valence-corrected chi connectivity index (χ1v) is 8.95. The lowest BCUT2D eigenvalue weighted by Gasteiger charge is -2.14. The molecule has 0 amide bonds. The van der Waals surface area contributed by atoms with Crippen molar-refractivity contribution in [3.63, 3.8) is 0 Å². The average Bonchev–Trinajstić information content (AvgIpc) is 3.08. The number of rotatable bonds is 2. The SMILES string of the molecule is N#Cc1ccc(-c2ccccc2)c(-n2c3ccccc3c3ccccc32)c1. The quantitative estimate of drug-likeness (QED) is 0.368. The van der Waals surface area contributed by atoms with Crippen molar-refractivity contribution in [1.82, 2.24) is 4.57 Å². The third-order valence-corrected chi connectivity index (χ3v) is 5.03. The number of aromatic nitrogens is 1. The van der Waals surface area contributed by atoms with Crippen LogP contribution in [0.4, 0.5) is 0 Å². The summed E-state index contributed by atoms with van der Waals surface area (Å²) < 4.78 is 2.27. The number of fused-ring (bicyclic) bond motifs is 3. The molecule has 5 rings (SSSR count). The van der Waals surface area contributed by atoms with E-state index in [-0.39, 0.29) is 0 Å². The molecule has 0 radical (unpaired) electrons. The zero-order chi connectivity index (χ0) is 18.2. The zero-order valence-corrected chi connectivity index (χ0v) is 14.6. The Bertz CT molecular complexity index is 1270. The first-order valence-electron chi connectivity index (χ1n) is 8.95. The fourth-order valence-corrected chi connectivity index (χ4v) is 3.83. The molecule has 0 aliphatic heterocycles. The average molecular weight is 344 g/mol. The minimum Gasteiger partial charge on any atom is -0.309 e. The maximum absolute atomic E-state index is 9.49. The van der Waals surface area contributed by atoms with Gasteiger partial charge in [0.25, 0.3) is 0 Å². The normalized spacial score (nSPS) is 10.9. The fraction of sp³-hybridized carbons (Fsp3) is 0. The summed E-state index contributed by atoms with van der Waals surface area (Å²) in [4.78, 5) is 0. The van der Waals surface area contributed by atoms with E-state index in [1.807, 2.05) is 36.4 Å². The first kappa shape index (κ1) is 15.4. The Morgan fingerprint density at radius 3 is 1.85 bits per heavy atom. The van der Waals surface area contributed by atoms with Crippen LogP contribution in [0.25, 0.3) is 38.6 Å². The summed E-state index contributed by atoms with van der Waals surface area (Å²) in [7, 11) is 0. The summed E-state index contributed by atoms with van der Waals surface area (Å²) in [6.45, 7) is 0. The highest BCUT2D eigenvalue weighted by atomic mass is 15.0. The summed E-state index contributed by atoms with van der Waals surface area (Å²) >= 11 is 0. The van der Waals surface area contributed by atoms with Crippen molar-refractivity contribution >= 4 is 21.8 Å². The Morgan fingerprint density at radius 1 is 0.630 bits per heavy atom. The molecule has 0 saturated carbocycles. The summed E-state index contributed by atoms with van der Waals surface area (Å²) in [5.41, 5.74) is 6.22. The van der Waals surface area contributed by atoms with Crippen LogP contribution in [0.15, 0.2) is 97.1 Å². The molecule has 0 N–H and O–H groups in total. The van der Waals surface area contributed by atoms with Gasteiger partial charge in [-0.15, -0.1) is 0 Å². The van der Waals surface area contributed by atoms with Gasteiger partial charge in [0, 0.05) is 16.3 Å². The molecule has 0 aliphatic carbocycles. The monoisotopic (exact) mass is 344 g/mol. The molecule has 0 atom stereocenters. The second-order valence-corrected chi connectivity index (χ2v) is 6.58. The van der Waals surface area contributed by atoms with Crippen LogP contribution in [0, 0.1) is 11.3 Å². The van der Waals surface area contributed by atoms with E-state index in [4.69, 9.17) is 0 Å². The van der Waals surface area contributed by atoms with Gasteiger partial charge in [-0.2, -0.15) is 5.26 Å². The van der Waals surface area contributed by atoms with Gasteiger partial charge in [0.1, 0.15) is 0 Å². The highest BCUT2D eigenvalue weighted by Crippen LogP contribution is 2.36. The minimum atomic E-state index is 0.659. The first-order chi connectivity index (χ1) is 13.4. The predicted octanol–water partition coefficient (Wildman–Crippen LogP) is 6.32. The Labute approximate surface area is 157 Å². The van der Waals surface area contributed by atoms with Crippen LogP contribution < -0.4 is 0 Å². The van der Waals surface area contributed by atoms with Gasteiger partial charge < -0.3 is 4.57 Å². The number of hydrogen-bond acceptors (Lipinski definition) is 1. The lowest BCUT2D eigenvalue weighted by atomic mass is 10.0. The van der Waals surface area contributed by atoms with Gasteiger partial charge in [0.15, 0.2) is 0 Å². The number of nitriles is 1. The number of hydrogen-bond donors (Lipinski definition) is 0. The second kappa shape index (κ2) is 6.16. The molecule has 2 nitrogen and oxygen atoms in total. The van der Waals surface area contributed by atoms with E-state index in [1.165, 1.54) is 10.8 Å². The van der Waals surface area contributed by atoms with Crippen molar-refractivity contribution in [2.24, 2.45) is 0 Å². The summed E-state index contributed by atoms with van der Waals surface area (Å²) in [5.74, 6) is 0. The molecule has 4 aromatic carbocycles. The molecular formula is C25H16N2. The zero-order valence-electron chi connectivity index (χ0n) is 14.6. The van der Waals surface area contributed by atoms with E-state index < -0.39 is 0 Å². The largest absolute Gasteiger partial charge is 0.309 e. The van der Waals surface area contributed by atoms with E-state index in [0.717, 1.165) is 27.8 Å². The Hall–Kier alpha value is -3.83. The van der Waals surface area contributed by atoms with E-state index in [1.54, 1.807) is 0 Å². The minimum absolute atomic E-state index is 0.659. The van der Waals surface area contributed by atoms with Gasteiger partial charge in [-0.1, -0.05) is 72.8 Å². The summed E-state index contributed by atoms with van der Waals surface area (Å²) in [5, 5.41) is 11.9. The van der Waals surface area contributed by atoms with Gasteiger partial charge in [0.05, 0.1) is 28.4 Å². The molecule has 0 spiro atoms. The molecule has 1 heterocycles. The van der Waals surface area contributed by atoms with Crippen molar-refractivity contribution in [3.05, 3.63) is 103 Å². The predicted molar refractivity (Wildman–Crippen MR) is 111 cm³/mol. The van der Waals surface area contributed by atoms with Gasteiger partial charge in [-0.05, 0) is 29.8 Å². The van der Waals surface area contributed by atoms with Crippen molar-refractivity contribution in [2.75, 3.05) is 0 Å². The molecule has 126 valence electrons. The molecule has 27 heavy (non-hydrogen) atoms.